The van der Waals surface area contributed by atoms with Gasteiger partial charge in [0.2, 0.25) is 0 Å². The van der Waals surface area contributed by atoms with Crippen LogP contribution in [0, 0.1) is 6.92 Å². The predicted molar refractivity (Wildman–Crippen MR) is 116 cm³/mol. The smallest absolute Gasteiger partial charge is 0.254 e. The van der Waals surface area contributed by atoms with E-state index in [1.54, 1.807) is 32.3 Å². The highest BCUT2D eigenvalue weighted by molar-refractivity contribution is 6.00. The molecule has 2 aromatic heterocycles. The van der Waals surface area contributed by atoms with Crippen LogP contribution in [0.5, 0.6) is 0 Å². The number of aliphatic hydroxyl groups is 1. The average molecular weight is 421 g/mol. The number of carbonyl (C=O) groups is 1. The van der Waals surface area contributed by atoms with E-state index in [1.807, 2.05) is 36.1 Å². The summed E-state index contributed by atoms with van der Waals surface area (Å²) in [5.41, 5.74) is 0.806. The van der Waals surface area contributed by atoms with Crippen LogP contribution in [0.15, 0.2) is 47.1 Å². The van der Waals surface area contributed by atoms with Crippen LogP contribution in [0.4, 0.5) is 0 Å². The summed E-state index contributed by atoms with van der Waals surface area (Å²) < 4.78 is 5.84. The number of carbonyl (C=O) groups excluding carboxylic acids is 1. The molecule has 1 fully saturated rings. The van der Waals surface area contributed by atoms with Crippen LogP contribution in [-0.2, 0) is 12.0 Å². The summed E-state index contributed by atoms with van der Waals surface area (Å²) in [5.74, 6) is 1.68. The highest BCUT2D eigenvalue weighted by atomic mass is 16.4. The highest BCUT2D eigenvalue weighted by Crippen LogP contribution is 2.29. The van der Waals surface area contributed by atoms with E-state index in [2.05, 4.69) is 15.0 Å². The number of oxazole rings is 1. The van der Waals surface area contributed by atoms with E-state index in [4.69, 9.17) is 4.42 Å². The van der Waals surface area contributed by atoms with Crippen molar-refractivity contribution in [2.45, 2.75) is 58.1 Å². The number of amides is 1. The molecule has 0 radical (unpaired) electrons. The van der Waals surface area contributed by atoms with Crippen molar-refractivity contribution >= 4 is 5.91 Å². The monoisotopic (exact) mass is 420 g/mol. The second-order valence-corrected chi connectivity index (χ2v) is 8.54. The Bertz CT molecular complexity index is 1060. The summed E-state index contributed by atoms with van der Waals surface area (Å²) in [5, 5.41) is 10.3. The molecule has 1 saturated heterocycles. The first-order valence-corrected chi connectivity index (χ1v) is 10.7. The molecule has 1 unspecified atom stereocenters. The number of hydrogen-bond donors (Lipinski definition) is 1. The Hall–Kier alpha value is -3.06. The number of aryl methyl sites for hydroxylation is 1. The number of hydrogen-bond acceptors (Lipinski definition) is 6. The summed E-state index contributed by atoms with van der Waals surface area (Å²) in [6, 6.07) is 9.22. The minimum absolute atomic E-state index is 0.0151. The van der Waals surface area contributed by atoms with Crippen molar-refractivity contribution in [2.75, 3.05) is 6.54 Å². The summed E-state index contributed by atoms with van der Waals surface area (Å²) in [6.07, 6.45) is 6.78. The van der Waals surface area contributed by atoms with Crippen LogP contribution in [0.25, 0.3) is 11.4 Å². The molecule has 31 heavy (non-hydrogen) atoms. The number of likely N-dealkylation sites (tertiary alicyclic amines) is 1. The van der Waals surface area contributed by atoms with Crippen molar-refractivity contribution in [1.82, 2.24) is 19.9 Å². The number of benzene rings is 1. The molecule has 0 spiro atoms. The molecule has 4 rings (SSSR count). The number of nitrogens with zero attached hydrogens (tertiary/aromatic N) is 4. The maximum atomic E-state index is 13.6. The van der Waals surface area contributed by atoms with Crippen molar-refractivity contribution in [3.05, 3.63) is 65.6 Å². The fourth-order valence-corrected chi connectivity index (χ4v) is 4.25. The Balaban J connectivity index is 1.61. The minimum Gasteiger partial charge on any atom is -0.446 e. The van der Waals surface area contributed by atoms with E-state index in [-0.39, 0.29) is 11.9 Å². The fourth-order valence-electron chi connectivity index (χ4n) is 4.25. The Morgan fingerprint density at radius 2 is 1.94 bits per heavy atom. The Morgan fingerprint density at radius 3 is 2.65 bits per heavy atom. The lowest BCUT2D eigenvalue weighted by atomic mass is 9.96. The zero-order chi connectivity index (χ0) is 22.0. The van der Waals surface area contributed by atoms with Crippen molar-refractivity contribution < 1.29 is 14.3 Å². The second kappa shape index (κ2) is 8.59. The standard InChI is InChI=1S/C24H28N4O3/c1-16-21(24(2,3)30)27-20(31-16)15-17-9-6-7-14-28(17)23(29)19-11-5-4-10-18(19)22-25-12-8-13-26-22/h4-5,8,10-13,17,30H,6-7,9,14-15H2,1-3H3. The van der Waals surface area contributed by atoms with E-state index < -0.39 is 5.60 Å². The molecule has 0 aliphatic carbocycles. The van der Waals surface area contributed by atoms with Crippen molar-refractivity contribution in [2.24, 2.45) is 0 Å². The van der Waals surface area contributed by atoms with E-state index in [0.29, 0.717) is 41.7 Å². The Morgan fingerprint density at radius 1 is 1.19 bits per heavy atom. The molecule has 3 heterocycles. The highest BCUT2D eigenvalue weighted by Gasteiger charge is 2.32. The normalized spacial score (nSPS) is 17.0. The lowest BCUT2D eigenvalue weighted by Crippen LogP contribution is -2.45. The van der Waals surface area contributed by atoms with Crippen LogP contribution >= 0.6 is 0 Å². The molecule has 7 heteroatoms. The second-order valence-electron chi connectivity index (χ2n) is 8.54. The van der Waals surface area contributed by atoms with Gasteiger partial charge in [-0.15, -0.1) is 0 Å². The van der Waals surface area contributed by atoms with E-state index >= 15 is 0 Å². The van der Waals surface area contributed by atoms with Gasteiger partial charge in [0.1, 0.15) is 17.1 Å². The topological polar surface area (TPSA) is 92.4 Å². The zero-order valence-electron chi connectivity index (χ0n) is 18.2. The lowest BCUT2D eigenvalue weighted by molar-refractivity contribution is 0.0604. The maximum Gasteiger partial charge on any atom is 0.254 e. The van der Waals surface area contributed by atoms with Crippen molar-refractivity contribution in [1.29, 1.82) is 0 Å². The molecule has 1 aromatic carbocycles. The third-order valence-electron chi connectivity index (χ3n) is 5.68. The van der Waals surface area contributed by atoms with Crippen LogP contribution in [0.3, 0.4) is 0 Å². The number of rotatable bonds is 5. The van der Waals surface area contributed by atoms with Crippen molar-refractivity contribution in [3.8, 4) is 11.4 Å². The van der Waals surface area contributed by atoms with Crippen molar-refractivity contribution in [3.63, 3.8) is 0 Å². The van der Waals surface area contributed by atoms with Gasteiger partial charge in [-0.05, 0) is 52.2 Å². The molecule has 7 nitrogen and oxygen atoms in total. The molecule has 1 aliphatic rings. The van der Waals surface area contributed by atoms with E-state index in [9.17, 15) is 9.90 Å². The first kappa shape index (κ1) is 21.2. The van der Waals surface area contributed by atoms with Gasteiger partial charge in [-0.3, -0.25) is 4.79 Å². The van der Waals surface area contributed by atoms with Crippen LogP contribution in [-0.4, -0.2) is 43.5 Å². The molecule has 1 N–H and O–H groups in total. The fraction of sp³-hybridized carbons (Fsp3) is 0.417. The quantitative estimate of drug-likeness (QED) is 0.673. The van der Waals surface area contributed by atoms with Crippen LogP contribution < -0.4 is 0 Å². The van der Waals surface area contributed by atoms with Gasteiger partial charge in [0, 0.05) is 37.0 Å². The largest absolute Gasteiger partial charge is 0.446 e. The summed E-state index contributed by atoms with van der Waals surface area (Å²) in [6.45, 7) is 5.89. The van der Waals surface area contributed by atoms with Gasteiger partial charge in [-0.1, -0.05) is 18.2 Å². The molecule has 0 saturated carbocycles. The predicted octanol–water partition coefficient (Wildman–Crippen LogP) is 3.90. The number of aromatic nitrogens is 3. The number of piperidine rings is 1. The average Bonchev–Trinajstić information content (AvgIpc) is 3.15. The minimum atomic E-state index is -1.07. The van der Waals surface area contributed by atoms with E-state index in [0.717, 1.165) is 24.8 Å². The lowest BCUT2D eigenvalue weighted by Gasteiger charge is -2.35. The van der Waals surface area contributed by atoms with Gasteiger partial charge in [-0.2, -0.15) is 0 Å². The van der Waals surface area contributed by atoms with Crippen LogP contribution in [0.2, 0.25) is 0 Å². The van der Waals surface area contributed by atoms with Crippen LogP contribution in [0.1, 0.15) is 60.8 Å². The molecular weight excluding hydrogens is 392 g/mol. The zero-order valence-corrected chi connectivity index (χ0v) is 18.2. The molecule has 3 aromatic rings. The van der Waals surface area contributed by atoms with Gasteiger partial charge in [-0.25, -0.2) is 15.0 Å². The Kier molecular flexibility index (Phi) is 5.87. The molecule has 1 atom stereocenters. The van der Waals surface area contributed by atoms with Gasteiger partial charge >= 0.3 is 0 Å². The first-order valence-electron chi connectivity index (χ1n) is 10.7. The summed E-state index contributed by atoms with van der Waals surface area (Å²) >= 11 is 0. The molecular formula is C24H28N4O3. The molecule has 0 bridgehead atoms. The van der Waals surface area contributed by atoms with Gasteiger partial charge in [0.25, 0.3) is 5.91 Å². The summed E-state index contributed by atoms with van der Waals surface area (Å²) in [4.78, 5) is 28.7. The van der Waals surface area contributed by atoms with E-state index in [1.165, 1.54) is 0 Å². The summed E-state index contributed by atoms with van der Waals surface area (Å²) in [7, 11) is 0. The third kappa shape index (κ3) is 4.51. The molecule has 1 aliphatic heterocycles. The maximum absolute atomic E-state index is 13.6. The molecule has 1 amide bonds. The SMILES string of the molecule is Cc1oc(CC2CCCCN2C(=O)c2ccccc2-c2ncccn2)nc1C(C)(C)O. The first-order chi connectivity index (χ1) is 14.8. The Labute approximate surface area is 182 Å². The third-order valence-corrected chi connectivity index (χ3v) is 5.68. The molecule has 162 valence electrons. The van der Waals surface area contributed by atoms with Gasteiger partial charge < -0.3 is 14.4 Å². The van der Waals surface area contributed by atoms with Gasteiger partial charge in [0.05, 0.1) is 5.56 Å². The van der Waals surface area contributed by atoms with Gasteiger partial charge in [0.15, 0.2) is 11.7 Å².